The number of nitrogens with one attached hydrogen (secondary N) is 1. The minimum Gasteiger partial charge on any atom is -0.495 e. The van der Waals surface area contributed by atoms with Gasteiger partial charge < -0.3 is 19.7 Å². The Hall–Kier alpha value is -3.94. The fraction of sp³-hybridized carbons (Fsp3) is 0.280. The van der Waals surface area contributed by atoms with Gasteiger partial charge in [-0.3, -0.25) is 9.59 Å². The maximum absolute atomic E-state index is 12.8. The molecule has 0 bridgehead atoms. The first-order chi connectivity index (χ1) is 16.0. The summed E-state index contributed by atoms with van der Waals surface area (Å²) in [5.74, 6) is 1.54. The van der Waals surface area contributed by atoms with Crippen molar-refractivity contribution in [3.8, 4) is 11.5 Å². The number of carbonyl (C=O) groups is 2. The Labute approximate surface area is 192 Å². The van der Waals surface area contributed by atoms with Gasteiger partial charge >= 0.3 is 0 Å². The van der Waals surface area contributed by atoms with Crippen LogP contribution in [-0.2, 0) is 4.79 Å². The van der Waals surface area contributed by atoms with Crippen molar-refractivity contribution >= 4 is 17.5 Å². The average molecular weight is 447 g/mol. The summed E-state index contributed by atoms with van der Waals surface area (Å²) in [5, 5.41) is 2.85. The highest BCUT2D eigenvalue weighted by molar-refractivity contribution is 6.05. The lowest BCUT2D eigenvalue weighted by Gasteiger charge is -2.17. The molecule has 1 N–H and O–H groups in total. The summed E-state index contributed by atoms with van der Waals surface area (Å²) in [6, 6.07) is 16.5. The molecule has 1 unspecified atom stereocenters. The maximum Gasteiger partial charge on any atom is 0.260 e. The first-order valence-electron chi connectivity index (χ1n) is 10.8. The van der Waals surface area contributed by atoms with E-state index in [0.29, 0.717) is 47.4 Å². The summed E-state index contributed by atoms with van der Waals surface area (Å²) in [7, 11) is 1.55. The van der Waals surface area contributed by atoms with Crippen LogP contribution < -0.4 is 14.8 Å². The van der Waals surface area contributed by atoms with Crippen LogP contribution in [-0.4, -0.2) is 53.5 Å². The lowest BCUT2D eigenvalue weighted by Crippen LogP contribution is -2.33. The topological polar surface area (TPSA) is 93.7 Å². The van der Waals surface area contributed by atoms with Gasteiger partial charge in [0.05, 0.1) is 24.1 Å². The maximum atomic E-state index is 12.8. The van der Waals surface area contributed by atoms with Gasteiger partial charge in [-0.05, 0) is 37.6 Å². The van der Waals surface area contributed by atoms with Crippen LogP contribution in [0.25, 0.3) is 0 Å². The molecule has 1 fully saturated rings. The van der Waals surface area contributed by atoms with Crippen molar-refractivity contribution in [1.29, 1.82) is 0 Å². The van der Waals surface area contributed by atoms with E-state index < -0.39 is 0 Å². The van der Waals surface area contributed by atoms with Crippen LogP contribution in [0.2, 0.25) is 0 Å². The number of anilines is 1. The number of benzene rings is 2. The number of likely N-dealkylation sites (tertiary alicyclic amines) is 1. The lowest BCUT2D eigenvalue weighted by atomic mass is 10.1. The molecule has 1 aliphatic heterocycles. The number of ether oxygens (including phenoxy) is 2. The van der Waals surface area contributed by atoms with Gasteiger partial charge in [0.25, 0.3) is 11.8 Å². The molecule has 0 aliphatic carbocycles. The quantitative estimate of drug-likeness (QED) is 0.598. The largest absolute Gasteiger partial charge is 0.495 e. The average Bonchev–Trinajstić information content (AvgIpc) is 3.34. The van der Waals surface area contributed by atoms with Gasteiger partial charge in [-0.25, -0.2) is 9.97 Å². The summed E-state index contributed by atoms with van der Waals surface area (Å²) in [6.07, 6.45) is 2.31. The number of carbonyl (C=O) groups excluding carboxylic acids is 2. The molecule has 33 heavy (non-hydrogen) atoms. The Bertz CT molecular complexity index is 1140. The number of methoxy groups -OCH3 is 1. The van der Waals surface area contributed by atoms with Gasteiger partial charge in [0, 0.05) is 25.2 Å². The monoisotopic (exact) mass is 446 g/mol. The predicted molar refractivity (Wildman–Crippen MR) is 124 cm³/mol. The van der Waals surface area contributed by atoms with E-state index in [4.69, 9.17) is 9.47 Å². The number of rotatable bonds is 7. The van der Waals surface area contributed by atoms with E-state index in [9.17, 15) is 9.59 Å². The molecule has 1 saturated heterocycles. The molecule has 2 amide bonds. The van der Waals surface area contributed by atoms with E-state index in [0.717, 1.165) is 6.42 Å². The van der Waals surface area contributed by atoms with E-state index in [1.807, 2.05) is 42.5 Å². The molecule has 1 aliphatic rings. The molecule has 0 spiro atoms. The molecule has 0 radical (unpaired) electrons. The molecule has 0 saturated carbocycles. The first kappa shape index (κ1) is 22.3. The van der Waals surface area contributed by atoms with Crippen LogP contribution in [0.1, 0.15) is 34.2 Å². The lowest BCUT2D eigenvalue weighted by molar-refractivity contribution is -0.132. The first-order valence-corrected chi connectivity index (χ1v) is 10.8. The van der Waals surface area contributed by atoms with Crippen LogP contribution in [0.3, 0.4) is 0 Å². The number of hydrogen-bond acceptors (Lipinski definition) is 6. The molecule has 8 heteroatoms. The fourth-order valence-electron chi connectivity index (χ4n) is 3.79. The molecule has 1 atom stereocenters. The highest BCUT2D eigenvalue weighted by atomic mass is 16.5. The number of aromatic nitrogens is 2. The van der Waals surface area contributed by atoms with E-state index in [2.05, 4.69) is 15.3 Å². The van der Waals surface area contributed by atoms with Crippen molar-refractivity contribution in [2.24, 2.45) is 0 Å². The molecule has 4 rings (SSSR count). The number of hydrogen-bond donors (Lipinski definition) is 1. The summed E-state index contributed by atoms with van der Waals surface area (Å²) in [5.41, 5.74) is 1.56. The van der Waals surface area contributed by atoms with Gasteiger partial charge in [0.15, 0.2) is 6.61 Å². The normalized spacial score (nSPS) is 15.2. The van der Waals surface area contributed by atoms with E-state index in [1.165, 1.54) is 0 Å². The van der Waals surface area contributed by atoms with Gasteiger partial charge in [-0.15, -0.1) is 0 Å². The van der Waals surface area contributed by atoms with Crippen molar-refractivity contribution < 1.29 is 19.1 Å². The molecule has 2 heterocycles. The second-order valence-corrected chi connectivity index (χ2v) is 7.81. The number of aryl methyl sites for hydroxylation is 1. The molecule has 1 aromatic heterocycles. The molecular weight excluding hydrogens is 420 g/mol. The van der Waals surface area contributed by atoms with Crippen LogP contribution in [0.5, 0.6) is 11.5 Å². The smallest absolute Gasteiger partial charge is 0.260 e. The molecular formula is C25H26N4O4. The number of nitrogens with zero attached hydrogens (tertiary/aromatic N) is 3. The molecule has 8 nitrogen and oxygen atoms in total. The Kier molecular flexibility index (Phi) is 6.83. The highest BCUT2D eigenvalue weighted by Gasteiger charge is 2.30. The van der Waals surface area contributed by atoms with Gasteiger partial charge in [0.1, 0.15) is 17.3 Å². The SMILES string of the molecule is COc1ccccc1NC(=O)c1cnc(C2CCN(C(=O)COc3ccccc3)C2)nc1C. The van der Waals surface area contributed by atoms with Crippen LogP contribution in [0.4, 0.5) is 5.69 Å². The van der Waals surface area contributed by atoms with Gasteiger partial charge in [-0.1, -0.05) is 30.3 Å². The van der Waals surface area contributed by atoms with E-state index in [-0.39, 0.29) is 24.3 Å². The zero-order valence-electron chi connectivity index (χ0n) is 18.7. The zero-order valence-corrected chi connectivity index (χ0v) is 18.7. The molecule has 170 valence electrons. The predicted octanol–water partition coefficient (Wildman–Crippen LogP) is 3.44. The van der Waals surface area contributed by atoms with Crippen molar-refractivity contribution in [2.45, 2.75) is 19.3 Å². The van der Waals surface area contributed by atoms with Crippen molar-refractivity contribution in [3.63, 3.8) is 0 Å². The standard InChI is InChI=1S/C25H26N4O4/c1-17-20(25(31)28-21-10-6-7-11-22(21)32-2)14-26-24(27-17)18-12-13-29(15-18)23(30)16-33-19-8-4-3-5-9-19/h3-11,14,18H,12-13,15-16H2,1-2H3,(H,28,31). The Morgan fingerprint density at radius 1 is 1.12 bits per heavy atom. The third-order valence-corrected chi connectivity index (χ3v) is 5.61. The third-order valence-electron chi connectivity index (χ3n) is 5.61. The molecule has 2 aromatic carbocycles. The zero-order chi connectivity index (χ0) is 23.2. The van der Waals surface area contributed by atoms with E-state index in [1.54, 1.807) is 37.3 Å². The second-order valence-electron chi connectivity index (χ2n) is 7.81. The second kappa shape index (κ2) is 10.1. The Balaban J connectivity index is 1.37. The Morgan fingerprint density at radius 2 is 1.88 bits per heavy atom. The van der Waals surface area contributed by atoms with Gasteiger partial charge in [0.2, 0.25) is 0 Å². The minimum absolute atomic E-state index is 0.00131. The fourth-order valence-corrected chi connectivity index (χ4v) is 3.79. The summed E-state index contributed by atoms with van der Waals surface area (Å²) < 4.78 is 10.9. The van der Waals surface area contributed by atoms with Crippen LogP contribution in [0.15, 0.2) is 60.8 Å². The highest BCUT2D eigenvalue weighted by Crippen LogP contribution is 2.27. The molecule has 3 aromatic rings. The Morgan fingerprint density at radius 3 is 2.64 bits per heavy atom. The van der Waals surface area contributed by atoms with Crippen molar-refractivity contribution in [3.05, 3.63) is 77.9 Å². The summed E-state index contributed by atoms with van der Waals surface area (Å²) in [6.45, 7) is 2.94. The van der Waals surface area contributed by atoms with Crippen molar-refractivity contribution in [2.75, 3.05) is 32.1 Å². The van der Waals surface area contributed by atoms with Crippen LogP contribution in [0, 0.1) is 6.92 Å². The van der Waals surface area contributed by atoms with Crippen LogP contribution >= 0.6 is 0 Å². The van der Waals surface area contributed by atoms with Gasteiger partial charge in [-0.2, -0.15) is 0 Å². The number of amides is 2. The van der Waals surface area contributed by atoms with Crippen molar-refractivity contribution in [1.82, 2.24) is 14.9 Å². The summed E-state index contributed by atoms with van der Waals surface area (Å²) >= 11 is 0. The third kappa shape index (κ3) is 5.28. The van der Waals surface area contributed by atoms with E-state index >= 15 is 0 Å². The minimum atomic E-state index is -0.301. The summed E-state index contributed by atoms with van der Waals surface area (Å²) in [4.78, 5) is 36.1. The number of para-hydroxylation sites is 3.